The molecule has 2 rings (SSSR count). The van der Waals surface area contributed by atoms with Gasteiger partial charge in [0, 0.05) is 25.3 Å². The van der Waals surface area contributed by atoms with Crippen LogP contribution in [0.2, 0.25) is 0 Å². The zero-order valence-electron chi connectivity index (χ0n) is 16.6. The monoisotopic (exact) mass is 360 g/mol. The summed E-state index contributed by atoms with van der Waals surface area (Å²) >= 11 is 0. The van der Waals surface area contributed by atoms with Crippen molar-refractivity contribution in [2.45, 2.75) is 72.1 Å². The molecule has 0 aromatic carbocycles. The van der Waals surface area contributed by atoms with Gasteiger partial charge in [0.25, 0.3) is 0 Å². The van der Waals surface area contributed by atoms with E-state index in [1.54, 1.807) is 13.1 Å². The molecule has 1 aliphatic heterocycles. The second kappa shape index (κ2) is 8.62. The van der Waals surface area contributed by atoms with Crippen LogP contribution in [0.25, 0.3) is 0 Å². The van der Waals surface area contributed by atoms with Crippen molar-refractivity contribution in [2.75, 3.05) is 6.54 Å². The molecule has 1 fully saturated rings. The molecule has 0 bridgehead atoms. The SMILES string of the molecule is C[C@H](NCc1ccccn1)C(=O)N[C@H](C(=O)N1CCC[C@H]1C)C(C)(C)C. The van der Waals surface area contributed by atoms with E-state index in [0.717, 1.165) is 25.1 Å². The smallest absolute Gasteiger partial charge is 0.245 e. The van der Waals surface area contributed by atoms with E-state index >= 15 is 0 Å². The molecule has 1 aromatic heterocycles. The molecule has 1 saturated heterocycles. The van der Waals surface area contributed by atoms with Crippen molar-refractivity contribution in [3.05, 3.63) is 30.1 Å². The van der Waals surface area contributed by atoms with Crippen LogP contribution in [0.4, 0.5) is 0 Å². The summed E-state index contributed by atoms with van der Waals surface area (Å²) in [7, 11) is 0. The third-order valence-electron chi connectivity index (χ3n) is 4.94. The highest BCUT2D eigenvalue weighted by Crippen LogP contribution is 2.25. The summed E-state index contributed by atoms with van der Waals surface area (Å²) in [5.41, 5.74) is 0.525. The van der Waals surface area contributed by atoms with Crippen molar-refractivity contribution in [2.24, 2.45) is 5.41 Å². The first-order valence-corrected chi connectivity index (χ1v) is 9.44. The molecule has 144 valence electrons. The molecule has 2 N–H and O–H groups in total. The average Bonchev–Trinajstić information content (AvgIpc) is 3.02. The fourth-order valence-corrected chi connectivity index (χ4v) is 3.20. The Kier molecular flexibility index (Phi) is 6.75. The van der Waals surface area contributed by atoms with E-state index in [1.807, 2.05) is 43.9 Å². The van der Waals surface area contributed by atoms with Gasteiger partial charge in [-0.15, -0.1) is 0 Å². The molecule has 0 unspecified atom stereocenters. The van der Waals surface area contributed by atoms with Gasteiger partial charge in [-0.1, -0.05) is 26.8 Å². The first-order valence-electron chi connectivity index (χ1n) is 9.44. The summed E-state index contributed by atoms with van der Waals surface area (Å²) in [6, 6.07) is 4.98. The summed E-state index contributed by atoms with van der Waals surface area (Å²) in [6.07, 6.45) is 3.78. The minimum Gasteiger partial charge on any atom is -0.342 e. The van der Waals surface area contributed by atoms with Crippen LogP contribution in [0.3, 0.4) is 0 Å². The standard InChI is InChI=1S/C20H32N4O2/c1-14-9-8-12-24(14)19(26)17(20(3,4)5)23-18(25)15(2)22-13-16-10-6-7-11-21-16/h6-7,10-11,14-15,17,22H,8-9,12-13H2,1-5H3,(H,23,25)/t14-,15+,17-/m1/s1. The van der Waals surface area contributed by atoms with E-state index in [-0.39, 0.29) is 23.3 Å². The summed E-state index contributed by atoms with van der Waals surface area (Å²) in [6.45, 7) is 11.1. The Bertz CT molecular complexity index is 612. The highest BCUT2D eigenvalue weighted by atomic mass is 16.2. The van der Waals surface area contributed by atoms with E-state index in [2.05, 4.69) is 22.5 Å². The van der Waals surface area contributed by atoms with Crippen LogP contribution in [-0.4, -0.2) is 46.4 Å². The third kappa shape index (κ3) is 5.27. The van der Waals surface area contributed by atoms with Crippen LogP contribution < -0.4 is 10.6 Å². The molecular formula is C20H32N4O2. The van der Waals surface area contributed by atoms with Crippen LogP contribution in [0, 0.1) is 5.41 Å². The Balaban J connectivity index is 1.98. The highest BCUT2D eigenvalue weighted by molar-refractivity contribution is 5.90. The number of pyridine rings is 1. The van der Waals surface area contributed by atoms with E-state index in [4.69, 9.17) is 0 Å². The van der Waals surface area contributed by atoms with Crippen molar-refractivity contribution < 1.29 is 9.59 Å². The normalized spacial score (nSPS) is 19.9. The van der Waals surface area contributed by atoms with Gasteiger partial charge in [-0.05, 0) is 44.2 Å². The van der Waals surface area contributed by atoms with Crippen LogP contribution in [0.5, 0.6) is 0 Å². The van der Waals surface area contributed by atoms with Gasteiger partial charge in [-0.2, -0.15) is 0 Å². The van der Waals surface area contributed by atoms with Crippen molar-refractivity contribution >= 4 is 11.8 Å². The maximum absolute atomic E-state index is 13.0. The maximum atomic E-state index is 13.0. The fraction of sp³-hybridized carbons (Fsp3) is 0.650. The average molecular weight is 361 g/mol. The molecule has 2 heterocycles. The van der Waals surface area contributed by atoms with Crippen LogP contribution in [0.1, 0.15) is 53.2 Å². The fourth-order valence-electron chi connectivity index (χ4n) is 3.20. The molecule has 0 aliphatic carbocycles. The third-order valence-corrected chi connectivity index (χ3v) is 4.94. The zero-order valence-corrected chi connectivity index (χ0v) is 16.6. The summed E-state index contributed by atoms with van der Waals surface area (Å²) < 4.78 is 0. The molecule has 6 heteroatoms. The molecule has 6 nitrogen and oxygen atoms in total. The van der Waals surface area contributed by atoms with Gasteiger partial charge in [-0.3, -0.25) is 14.6 Å². The number of hydrogen-bond acceptors (Lipinski definition) is 4. The predicted octanol–water partition coefficient (Wildman–Crippen LogP) is 2.10. The van der Waals surface area contributed by atoms with Crippen molar-refractivity contribution in [1.82, 2.24) is 20.5 Å². The largest absolute Gasteiger partial charge is 0.342 e. The molecular weight excluding hydrogens is 328 g/mol. The lowest BCUT2D eigenvalue weighted by molar-refractivity contribution is -0.140. The van der Waals surface area contributed by atoms with Gasteiger partial charge in [-0.25, -0.2) is 0 Å². The number of nitrogens with one attached hydrogen (secondary N) is 2. The van der Waals surface area contributed by atoms with Gasteiger partial charge < -0.3 is 15.5 Å². The lowest BCUT2D eigenvalue weighted by Crippen LogP contribution is -2.58. The number of nitrogens with zero attached hydrogens (tertiary/aromatic N) is 2. The molecule has 0 saturated carbocycles. The summed E-state index contributed by atoms with van der Waals surface area (Å²) in [4.78, 5) is 31.8. The number of rotatable bonds is 6. The quantitative estimate of drug-likeness (QED) is 0.815. The van der Waals surface area contributed by atoms with Crippen molar-refractivity contribution in [3.63, 3.8) is 0 Å². The van der Waals surface area contributed by atoms with Gasteiger partial charge >= 0.3 is 0 Å². The first-order chi connectivity index (χ1) is 12.2. The van der Waals surface area contributed by atoms with Gasteiger partial charge in [0.2, 0.25) is 11.8 Å². The van der Waals surface area contributed by atoms with E-state index in [0.29, 0.717) is 6.54 Å². The molecule has 3 atom stereocenters. The second-order valence-corrected chi connectivity index (χ2v) is 8.25. The summed E-state index contributed by atoms with van der Waals surface area (Å²) in [5.74, 6) is -0.145. The second-order valence-electron chi connectivity index (χ2n) is 8.25. The maximum Gasteiger partial charge on any atom is 0.245 e. The lowest BCUT2D eigenvalue weighted by atomic mass is 9.85. The van der Waals surface area contributed by atoms with Crippen molar-refractivity contribution in [1.29, 1.82) is 0 Å². The molecule has 0 spiro atoms. The number of carbonyl (C=O) groups is 2. The van der Waals surface area contributed by atoms with Gasteiger partial charge in [0.05, 0.1) is 11.7 Å². The predicted molar refractivity (Wildman–Crippen MR) is 102 cm³/mol. The Morgan fingerprint density at radius 3 is 2.62 bits per heavy atom. The lowest BCUT2D eigenvalue weighted by Gasteiger charge is -2.35. The van der Waals surface area contributed by atoms with E-state index < -0.39 is 12.1 Å². The minimum atomic E-state index is -0.533. The Morgan fingerprint density at radius 1 is 1.35 bits per heavy atom. The zero-order chi connectivity index (χ0) is 19.3. The molecule has 1 aliphatic rings. The molecule has 2 amide bonds. The van der Waals surface area contributed by atoms with E-state index in [9.17, 15) is 9.59 Å². The number of hydrogen-bond donors (Lipinski definition) is 2. The Morgan fingerprint density at radius 2 is 2.08 bits per heavy atom. The van der Waals surface area contributed by atoms with Gasteiger partial charge in [0.1, 0.15) is 6.04 Å². The number of aromatic nitrogens is 1. The van der Waals surface area contributed by atoms with Crippen LogP contribution in [0.15, 0.2) is 24.4 Å². The number of amides is 2. The molecule has 0 radical (unpaired) electrons. The summed E-state index contributed by atoms with van der Waals surface area (Å²) in [5, 5.41) is 6.15. The van der Waals surface area contributed by atoms with Gasteiger partial charge in [0.15, 0.2) is 0 Å². The highest BCUT2D eigenvalue weighted by Gasteiger charge is 2.38. The minimum absolute atomic E-state index is 0.0211. The molecule has 26 heavy (non-hydrogen) atoms. The van der Waals surface area contributed by atoms with Crippen LogP contribution in [-0.2, 0) is 16.1 Å². The number of carbonyl (C=O) groups excluding carboxylic acids is 2. The topological polar surface area (TPSA) is 74.3 Å². The Labute approximate surface area is 156 Å². The molecule has 1 aromatic rings. The van der Waals surface area contributed by atoms with Crippen LogP contribution >= 0.6 is 0 Å². The first kappa shape index (κ1) is 20.4. The number of likely N-dealkylation sites (tertiary alicyclic amines) is 1. The Hall–Kier alpha value is -1.95. The van der Waals surface area contributed by atoms with E-state index in [1.165, 1.54) is 0 Å². The van der Waals surface area contributed by atoms with Crippen molar-refractivity contribution in [3.8, 4) is 0 Å².